The Kier molecular flexibility index (Phi) is 6.17. The number of hydrogen-bond donors (Lipinski definition) is 2. The summed E-state index contributed by atoms with van der Waals surface area (Å²) in [7, 11) is 0. The average molecular weight is 452 g/mol. The average Bonchev–Trinajstić information content (AvgIpc) is 3.36. The minimum atomic E-state index is -0.154. The van der Waals surface area contributed by atoms with E-state index in [0.717, 1.165) is 30.4 Å². The maximum atomic E-state index is 12.6. The molecule has 0 bridgehead atoms. The molecular formula is C23H25N5OS2. The Balaban J connectivity index is 1.40. The molecule has 1 aromatic carbocycles. The van der Waals surface area contributed by atoms with Gasteiger partial charge in [-0.15, -0.1) is 16.4 Å². The molecule has 0 fully saturated rings. The number of carbonyl (C=O) groups is 1. The third-order valence-electron chi connectivity index (χ3n) is 5.70. The van der Waals surface area contributed by atoms with E-state index in [4.69, 9.17) is 0 Å². The van der Waals surface area contributed by atoms with Crippen LogP contribution in [0, 0.1) is 22.7 Å². The first-order valence-corrected chi connectivity index (χ1v) is 12.1. The van der Waals surface area contributed by atoms with Crippen LogP contribution in [0.3, 0.4) is 0 Å². The highest BCUT2D eigenvalue weighted by Crippen LogP contribution is 2.44. The van der Waals surface area contributed by atoms with E-state index in [9.17, 15) is 10.1 Å². The number of rotatable bonds is 5. The highest BCUT2D eigenvalue weighted by molar-refractivity contribution is 7.99. The maximum Gasteiger partial charge on any atom is 0.235 e. The molecule has 0 unspecified atom stereocenters. The molecule has 0 saturated carbocycles. The van der Waals surface area contributed by atoms with Gasteiger partial charge in [-0.3, -0.25) is 9.89 Å². The molecular weight excluding hydrogens is 426 g/mol. The van der Waals surface area contributed by atoms with E-state index in [1.807, 2.05) is 30.3 Å². The number of amides is 1. The quantitative estimate of drug-likeness (QED) is 0.514. The molecule has 2 aromatic heterocycles. The van der Waals surface area contributed by atoms with Crippen molar-refractivity contribution in [2.75, 3.05) is 11.1 Å². The van der Waals surface area contributed by atoms with Crippen LogP contribution in [-0.2, 0) is 17.6 Å². The number of thioether (sulfide) groups is 1. The summed E-state index contributed by atoms with van der Waals surface area (Å²) in [5.74, 6) is 1.30. The number of benzene rings is 1. The molecule has 0 spiro atoms. The molecule has 31 heavy (non-hydrogen) atoms. The number of anilines is 1. The van der Waals surface area contributed by atoms with E-state index in [1.54, 1.807) is 11.3 Å². The Morgan fingerprint density at radius 2 is 2.13 bits per heavy atom. The molecule has 2 N–H and O–H groups in total. The zero-order chi connectivity index (χ0) is 22.0. The third kappa shape index (κ3) is 4.83. The van der Waals surface area contributed by atoms with Gasteiger partial charge < -0.3 is 5.32 Å². The van der Waals surface area contributed by atoms with Crippen LogP contribution in [0.1, 0.15) is 43.2 Å². The van der Waals surface area contributed by atoms with Crippen LogP contribution in [0.15, 0.2) is 35.5 Å². The first-order chi connectivity index (χ1) is 14.8. The Morgan fingerprint density at radius 1 is 1.35 bits per heavy atom. The SMILES string of the molecule is CC(C)(C)[C@@H]1CCc2c(sc(NC(=O)CSc3n[nH]c(-c4ccccc4)n3)c2C#N)C1. The van der Waals surface area contributed by atoms with Gasteiger partial charge in [0.1, 0.15) is 11.1 Å². The lowest BCUT2D eigenvalue weighted by molar-refractivity contribution is -0.113. The summed E-state index contributed by atoms with van der Waals surface area (Å²) >= 11 is 2.83. The van der Waals surface area contributed by atoms with Crippen molar-refractivity contribution in [3.63, 3.8) is 0 Å². The topological polar surface area (TPSA) is 94.5 Å². The van der Waals surface area contributed by atoms with Crippen molar-refractivity contribution in [3.8, 4) is 17.5 Å². The lowest BCUT2D eigenvalue weighted by Crippen LogP contribution is -2.26. The lowest BCUT2D eigenvalue weighted by Gasteiger charge is -2.33. The first-order valence-electron chi connectivity index (χ1n) is 10.3. The van der Waals surface area contributed by atoms with Crippen LogP contribution in [0.5, 0.6) is 0 Å². The van der Waals surface area contributed by atoms with Crippen molar-refractivity contribution in [1.29, 1.82) is 5.26 Å². The zero-order valence-corrected chi connectivity index (χ0v) is 19.5. The molecule has 0 saturated heterocycles. The normalized spacial score (nSPS) is 15.9. The molecule has 8 heteroatoms. The van der Waals surface area contributed by atoms with Gasteiger partial charge in [-0.05, 0) is 36.2 Å². The summed E-state index contributed by atoms with van der Waals surface area (Å²) in [6.45, 7) is 6.81. The van der Waals surface area contributed by atoms with E-state index in [1.165, 1.54) is 16.6 Å². The molecule has 1 amide bonds. The van der Waals surface area contributed by atoms with Crippen molar-refractivity contribution in [2.24, 2.45) is 11.3 Å². The van der Waals surface area contributed by atoms with Crippen molar-refractivity contribution >= 4 is 34.0 Å². The predicted octanol–water partition coefficient (Wildman–Crippen LogP) is 5.29. The Hall–Kier alpha value is -2.63. The number of hydrogen-bond acceptors (Lipinski definition) is 6. The largest absolute Gasteiger partial charge is 0.316 e. The van der Waals surface area contributed by atoms with E-state index in [0.29, 0.717) is 27.5 Å². The number of nitrogens with one attached hydrogen (secondary N) is 2. The standard InChI is InChI=1S/C23H25N5OS2/c1-23(2,3)15-9-10-16-17(12-24)21(31-18(16)11-15)25-19(29)13-30-22-26-20(27-28-22)14-7-5-4-6-8-14/h4-8,15H,9-11,13H2,1-3H3,(H,25,29)(H,26,27,28)/t15-/m1/s1. The first kappa shape index (κ1) is 21.6. The fourth-order valence-corrected chi connectivity index (χ4v) is 5.75. The number of carbonyl (C=O) groups excluding carboxylic acids is 1. The molecule has 3 aromatic rings. The molecule has 2 heterocycles. The number of H-pyrrole nitrogens is 1. The summed E-state index contributed by atoms with van der Waals surface area (Å²) in [5, 5.41) is 20.9. The Bertz CT molecular complexity index is 1120. The summed E-state index contributed by atoms with van der Waals surface area (Å²) in [5.41, 5.74) is 2.94. The fourth-order valence-electron chi connectivity index (χ4n) is 3.86. The van der Waals surface area contributed by atoms with Crippen molar-refractivity contribution in [1.82, 2.24) is 15.2 Å². The molecule has 1 aliphatic rings. The zero-order valence-electron chi connectivity index (χ0n) is 17.9. The lowest BCUT2D eigenvalue weighted by atomic mass is 9.72. The van der Waals surface area contributed by atoms with Gasteiger partial charge in [0.05, 0.1) is 11.3 Å². The van der Waals surface area contributed by atoms with Gasteiger partial charge in [-0.25, -0.2) is 4.98 Å². The number of fused-ring (bicyclic) bond motifs is 1. The second-order valence-corrected chi connectivity index (χ2v) is 10.8. The fraction of sp³-hybridized carbons (Fsp3) is 0.391. The summed E-state index contributed by atoms with van der Waals surface area (Å²) in [6, 6.07) is 12.0. The van der Waals surface area contributed by atoms with Crippen LogP contribution in [0.4, 0.5) is 5.00 Å². The molecule has 0 aliphatic heterocycles. The summed E-state index contributed by atoms with van der Waals surface area (Å²) in [4.78, 5) is 18.3. The van der Waals surface area contributed by atoms with Gasteiger partial charge >= 0.3 is 0 Å². The molecule has 1 atom stereocenters. The molecule has 1 aliphatic carbocycles. The second kappa shape index (κ2) is 8.85. The number of aromatic amines is 1. The smallest absolute Gasteiger partial charge is 0.235 e. The van der Waals surface area contributed by atoms with E-state index < -0.39 is 0 Å². The predicted molar refractivity (Wildman–Crippen MR) is 125 cm³/mol. The van der Waals surface area contributed by atoms with E-state index >= 15 is 0 Å². The van der Waals surface area contributed by atoms with Crippen LogP contribution in [-0.4, -0.2) is 26.8 Å². The van der Waals surface area contributed by atoms with Crippen molar-refractivity contribution in [2.45, 2.75) is 45.2 Å². The van der Waals surface area contributed by atoms with Crippen molar-refractivity contribution < 1.29 is 4.79 Å². The maximum absolute atomic E-state index is 12.6. The second-order valence-electron chi connectivity index (χ2n) is 8.79. The minimum absolute atomic E-state index is 0.154. The Morgan fingerprint density at radius 3 is 2.84 bits per heavy atom. The third-order valence-corrected chi connectivity index (χ3v) is 7.72. The van der Waals surface area contributed by atoms with Crippen LogP contribution < -0.4 is 5.32 Å². The monoisotopic (exact) mass is 451 g/mol. The minimum Gasteiger partial charge on any atom is -0.316 e. The van der Waals surface area contributed by atoms with E-state index in [2.05, 4.69) is 47.3 Å². The van der Waals surface area contributed by atoms with Gasteiger partial charge in [-0.1, -0.05) is 62.9 Å². The summed E-state index contributed by atoms with van der Waals surface area (Å²) < 4.78 is 0. The van der Waals surface area contributed by atoms with Gasteiger partial charge in [-0.2, -0.15) is 5.26 Å². The molecule has 6 nitrogen and oxygen atoms in total. The number of thiophene rings is 1. The van der Waals surface area contributed by atoms with Crippen LogP contribution in [0.25, 0.3) is 11.4 Å². The Labute approximate surface area is 190 Å². The number of nitrogens with zero attached hydrogens (tertiary/aromatic N) is 3. The van der Waals surface area contributed by atoms with Crippen molar-refractivity contribution in [3.05, 3.63) is 46.3 Å². The van der Waals surface area contributed by atoms with Gasteiger partial charge in [0.25, 0.3) is 0 Å². The molecule has 4 rings (SSSR count). The molecule has 0 radical (unpaired) electrons. The number of aromatic nitrogens is 3. The van der Waals surface area contributed by atoms with Crippen LogP contribution in [0.2, 0.25) is 0 Å². The van der Waals surface area contributed by atoms with Gasteiger partial charge in [0.15, 0.2) is 5.82 Å². The highest BCUT2D eigenvalue weighted by atomic mass is 32.2. The summed E-state index contributed by atoms with van der Waals surface area (Å²) in [6.07, 6.45) is 2.96. The highest BCUT2D eigenvalue weighted by Gasteiger charge is 2.32. The molecule has 160 valence electrons. The van der Waals surface area contributed by atoms with E-state index in [-0.39, 0.29) is 17.1 Å². The number of nitriles is 1. The van der Waals surface area contributed by atoms with Gasteiger partial charge in [0.2, 0.25) is 11.1 Å². The van der Waals surface area contributed by atoms with Gasteiger partial charge in [0, 0.05) is 10.4 Å². The van der Waals surface area contributed by atoms with Crippen LogP contribution >= 0.6 is 23.1 Å².